The molecular formula is C20H28BrN3O2S. The summed E-state index contributed by atoms with van der Waals surface area (Å²) in [6, 6.07) is 3.92. The second-order valence-corrected chi connectivity index (χ2v) is 11.3. The molecule has 4 saturated carbocycles. The highest BCUT2D eigenvalue weighted by atomic mass is 79.9. The van der Waals surface area contributed by atoms with Gasteiger partial charge in [-0.3, -0.25) is 4.79 Å². The average molecular weight is 454 g/mol. The van der Waals surface area contributed by atoms with Crippen molar-refractivity contribution in [3.05, 3.63) is 20.8 Å². The van der Waals surface area contributed by atoms with Crippen molar-refractivity contribution < 1.29 is 9.59 Å². The van der Waals surface area contributed by atoms with E-state index in [1.165, 1.54) is 19.3 Å². The second-order valence-electron chi connectivity index (χ2n) is 8.78. The van der Waals surface area contributed by atoms with Crippen LogP contribution in [0.25, 0.3) is 0 Å². The van der Waals surface area contributed by atoms with Gasteiger partial charge in [0.25, 0.3) is 0 Å². The molecule has 7 heteroatoms. The quantitative estimate of drug-likeness (QED) is 0.679. The van der Waals surface area contributed by atoms with Gasteiger partial charge in [-0.2, -0.15) is 0 Å². The summed E-state index contributed by atoms with van der Waals surface area (Å²) in [4.78, 5) is 27.6. The van der Waals surface area contributed by atoms with Crippen LogP contribution in [0.5, 0.6) is 0 Å². The molecule has 1 aromatic heterocycles. The van der Waals surface area contributed by atoms with Crippen molar-refractivity contribution in [2.24, 2.45) is 17.8 Å². The summed E-state index contributed by atoms with van der Waals surface area (Å²) >= 11 is 5.08. The highest BCUT2D eigenvalue weighted by Gasteiger charge is 2.51. The first kappa shape index (κ1) is 19.2. The fourth-order valence-electron chi connectivity index (χ4n) is 5.78. The molecule has 4 aliphatic rings. The molecule has 1 heterocycles. The summed E-state index contributed by atoms with van der Waals surface area (Å²) in [5.74, 6) is 2.48. The van der Waals surface area contributed by atoms with Gasteiger partial charge in [0.2, 0.25) is 5.91 Å². The number of carbonyl (C=O) groups excluding carboxylic acids is 2. The zero-order chi connectivity index (χ0) is 19.0. The Balaban J connectivity index is 1.20. The minimum absolute atomic E-state index is 0.0200. The van der Waals surface area contributed by atoms with E-state index in [0.29, 0.717) is 19.5 Å². The lowest BCUT2D eigenvalue weighted by Gasteiger charge is -2.56. The van der Waals surface area contributed by atoms with Gasteiger partial charge in [0.05, 0.1) is 10.3 Å². The molecule has 4 bridgehead atoms. The van der Waals surface area contributed by atoms with Gasteiger partial charge < -0.3 is 15.5 Å². The fraction of sp³-hybridized carbons (Fsp3) is 0.700. The van der Waals surface area contributed by atoms with Crippen LogP contribution >= 0.6 is 27.3 Å². The van der Waals surface area contributed by atoms with Crippen molar-refractivity contribution in [3.8, 4) is 0 Å². The third kappa shape index (κ3) is 4.50. The molecule has 4 fully saturated rings. The lowest BCUT2D eigenvalue weighted by Crippen LogP contribution is -2.61. The first-order valence-electron chi connectivity index (χ1n) is 9.95. The molecule has 148 valence electrons. The topological polar surface area (TPSA) is 61.4 Å². The summed E-state index contributed by atoms with van der Waals surface area (Å²) in [5, 5.41) is 6.20. The summed E-state index contributed by atoms with van der Waals surface area (Å²) < 4.78 is 1.07. The maximum atomic E-state index is 12.4. The summed E-state index contributed by atoms with van der Waals surface area (Å²) in [6.07, 6.45) is 7.86. The predicted octanol–water partition coefficient (Wildman–Crippen LogP) is 4.13. The van der Waals surface area contributed by atoms with E-state index in [9.17, 15) is 9.59 Å². The van der Waals surface area contributed by atoms with Crippen LogP contribution in [-0.2, 0) is 11.3 Å². The Morgan fingerprint density at radius 1 is 1.19 bits per heavy atom. The number of rotatable bonds is 6. The molecule has 0 aliphatic heterocycles. The molecule has 0 aromatic carbocycles. The molecule has 1 aromatic rings. The number of urea groups is 1. The van der Waals surface area contributed by atoms with Crippen LogP contribution < -0.4 is 10.6 Å². The first-order valence-corrected chi connectivity index (χ1v) is 11.6. The van der Waals surface area contributed by atoms with Gasteiger partial charge >= 0.3 is 6.03 Å². The van der Waals surface area contributed by atoms with E-state index >= 15 is 0 Å². The lowest BCUT2D eigenvalue weighted by atomic mass is 9.53. The van der Waals surface area contributed by atoms with E-state index in [1.807, 2.05) is 19.2 Å². The molecule has 4 aliphatic carbocycles. The zero-order valence-corrected chi connectivity index (χ0v) is 18.2. The largest absolute Gasteiger partial charge is 0.341 e. The number of hydrogen-bond donors (Lipinski definition) is 2. The van der Waals surface area contributed by atoms with E-state index in [1.54, 1.807) is 16.2 Å². The van der Waals surface area contributed by atoms with Crippen molar-refractivity contribution >= 4 is 39.2 Å². The van der Waals surface area contributed by atoms with E-state index in [0.717, 1.165) is 45.7 Å². The number of nitrogens with one attached hydrogen (secondary N) is 2. The molecule has 27 heavy (non-hydrogen) atoms. The number of carbonyl (C=O) groups is 2. The molecule has 2 N–H and O–H groups in total. The molecular weight excluding hydrogens is 426 g/mol. The minimum atomic E-state index is -0.102. The Morgan fingerprint density at radius 3 is 2.37 bits per heavy atom. The van der Waals surface area contributed by atoms with Crippen molar-refractivity contribution in [3.63, 3.8) is 0 Å². The number of amides is 3. The van der Waals surface area contributed by atoms with Crippen LogP contribution in [0.4, 0.5) is 4.79 Å². The highest BCUT2D eigenvalue weighted by Crippen LogP contribution is 2.55. The van der Waals surface area contributed by atoms with E-state index in [-0.39, 0.29) is 17.5 Å². The van der Waals surface area contributed by atoms with Crippen molar-refractivity contribution in [2.45, 2.75) is 57.0 Å². The number of hydrogen-bond acceptors (Lipinski definition) is 3. The summed E-state index contributed by atoms with van der Waals surface area (Å²) in [5.41, 5.74) is 0.0200. The SMILES string of the molecule is CN(Cc1ccc(Br)s1)C(=O)CCNC(=O)NC12CC3CC(CC(C3)C1)C2. The number of thiophene rings is 1. The molecule has 0 unspecified atom stereocenters. The molecule has 5 rings (SSSR count). The Bertz CT molecular complexity index is 685. The van der Waals surface area contributed by atoms with Crippen molar-refractivity contribution in [2.75, 3.05) is 13.6 Å². The first-order chi connectivity index (χ1) is 12.9. The summed E-state index contributed by atoms with van der Waals surface area (Å²) in [7, 11) is 1.81. The van der Waals surface area contributed by atoms with Gasteiger partial charge in [-0.1, -0.05) is 0 Å². The number of nitrogens with zero attached hydrogens (tertiary/aromatic N) is 1. The van der Waals surface area contributed by atoms with Gasteiger partial charge in [0.1, 0.15) is 0 Å². The Kier molecular flexibility index (Phi) is 5.52. The maximum Gasteiger partial charge on any atom is 0.315 e. The molecule has 0 atom stereocenters. The third-order valence-corrected chi connectivity index (χ3v) is 8.10. The van der Waals surface area contributed by atoms with Crippen molar-refractivity contribution in [1.29, 1.82) is 0 Å². The molecule has 0 spiro atoms. The van der Waals surface area contributed by atoms with E-state index in [2.05, 4.69) is 26.6 Å². The smallest absolute Gasteiger partial charge is 0.315 e. The van der Waals surface area contributed by atoms with Gasteiger partial charge in [0.15, 0.2) is 0 Å². The molecule has 0 radical (unpaired) electrons. The Morgan fingerprint density at radius 2 is 1.81 bits per heavy atom. The fourth-order valence-corrected chi connectivity index (χ4v) is 7.32. The Hall–Kier alpha value is -1.08. The molecule has 0 saturated heterocycles. The number of halogens is 1. The van der Waals surface area contributed by atoms with Crippen LogP contribution in [0.1, 0.15) is 49.8 Å². The van der Waals surface area contributed by atoms with Crippen LogP contribution in [0, 0.1) is 17.8 Å². The lowest BCUT2D eigenvalue weighted by molar-refractivity contribution is -0.130. The van der Waals surface area contributed by atoms with Gasteiger partial charge in [-0.15, -0.1) is 11.3 Å². The van der Waals surface area contributed by atoms with Crippen molar-refractivity contribution in [1.82, 2.24) is 15.5 Å². The molecule has 3 amide bonds. The predicted molar refractivity (Wildman–Crippen MR) is 111 cm³/mol. The third-order valence-electron chi connectivity index (χ3n) is 6.49. The van der Waals surface area contributed by atoms with Crippen LogP contribution in [0.3, 0.4) is 0 Å². The van der Waals surface area contributed by atoms with Gasteiger partial charge in [0, 0.05) is 30.4 Å². The van der Waals surface area contributed by atoms with Crippen LogP contribution in [0.2, 0.25) is 0 Å². The highest BCUT2D eigenvalue weighted by molar-refractivity contribution is 9.11. The zero-order valence-electron chi connectivity index (χ0n) is 15.8. The maximum absolute atomic E-state index is 12.4. The molecule has 5 nitrogen and oxygen atoms in total. The van der Waals surface area contributed by atoms with Gasteiger partial charge in [-0.05, 0) is 84.3 Å². The van der Waals surface area contributed by atoms with E-state index < -0.39 is 0 Å². The van der Waals surface area contributed by atoms with Gasteiger partial charge in [-0.25, -0.2) is 4.79 Å². The van der Waals surface area contributed by atoms with Crippen LogP contribution in [-0.4, -0.2) is 36.0 Å². The van der Waals surface area contributed by atoms with E-state index in [4.69, 9.17) is 0 Å². The normalized spacial score (nSPS) is 31.0. The summed E-state index contributed by atoms with van der Waals surface area (Å²) in [6.45, 7) is 0.990. The standard InChI is InChI=1S/C20H28BrN3O2S/c1-24(12-16-2-3-17(21)27-16)18(25)4-5-22-19(26)23-20-9-13-6-14(10-20)8-15(7-13)11-20/h2-3,13-15H,4-12H2,1H3,(H2,22,23,26). The monoisotopic (exact) mass is 453 g/mol. The average Bonchev–Trinajstić information content (AvgIpc) is 2.97. The second kappa shape index (κ2) is 7.74. The Labute approximate surface area is 173 Å². The van der Waals surface area contributed by atoms with Crippen LogP contribution in [0.15, 0.2) is 15.9 Å². The minimum Gasteiger partial charge on any atom is -0.341 e.